The molecular formula is C16H19FN4O2S. The van der Waals surface area contributed by atoms with Gasteiger partial charge in [0.1, 0.15) is 5.82 Å². The number of anilines is 1. The van der Waals surface area contributed by atoms with E-state index < -0.39 is 15.8 Å². The van der Waals surface area contributed by atoms with E-state index in [1.54, 1.807) is 12.1 Å². The van der Waals surface area contributed by atoms with Crippen LogP contribution in [0.2, 0.25) is 0 Å². The van der Waals surface area contributed by atoms with E-state index in [1.165, 1.54) is 16.4 Å². The molecule has 1 aromatic carbocycles. The van der Waals surface area contributed by atoms with Crippen LogP contribution in [0, 0.1) is 12.7 Å². The fourth-order valence-corrected chi connectivity index (χ4v) is 4.19. The van der Waals surface area contributed by atoms with Crippen LogP contribution in [0.25, 0.3) is 0 Å². The van der Waals surface area contributed by atoms with Gasteiger partial charge >= 0.3 is 0 Å². The summed E-state index contributed by atoms with van der Waals surface area (Å²) >= 11 is 0. The van der Waals surface area contributed by atoms with Crippen LogP contribution < -0.4 is 4.90 Å². The van der Waals surface area contributed by atoms with Gasteiger partial charge in [-0.15, -0.1) is 5.10 Å². The molecule has 2 aromatic rings. The first-order chi connectivity index (χ1) is 11.5. The lowest BCUT2D eigenvalue weighted by molar-refractivity contribution is 0.382. The average Bonchev–Trinajstić information content (AvgIpc) is 2.58. The number of halogens is 1. The van der Waals surface area contributed by atoms with Crippen molar-refractivity contribution in [3.8, 4) is 0 Å². The molecule has 2 heterocycles. The summed E-state index contributed by atoms with van der Waals surface area (Å²) in [6, 6.07) is 9.73. The number of piperazine rings is 1. The van der Waals surface area contributed by atoms with Crippen molar-refractivity contribution in [3.63, 3.8) is 0 Å². The van der Waals surface area contributed by atoms with Crippen LogP contribution >= 0.6 is 0 Å². The number of rotatable bonds is 4. The lowest BCUT2D eigenvalue weighted by atomic mass is 10.2. The molecule has 128 valence electrons. The molecule has 0 aliphatic carbocycles. The van der Waals surface area contributed by atoms with E-state index in [1.807, 2.05) is 24.0 Å². The third kappa shape index (κ3) is 3.70. The molecule has 0 saturated carbocycles. The van der Waals surface area contributed by atoms with Gasteiger partial charge in [0.25, 0.3) is 0 Å². The lowest BCUT2D eigenvalue weighted by Gasteiger charge is -2.34. The first kappa shape index (κ1) is 16.8. The van der Waals surface area contributed by atoms with Crippen molar-refractivity contribution in [2.45, 2.75) is 12.7 Å². The van der Waals surface area contributed by atoms with Gasteiger partial charge in [-0.1, -0.05) is 18.2 Å². The number of hydrogen-bond donors (Lipinski definition) is 0. The fourth-order valence-electron chi connectivity index (χ4n) is 2.66. The Morgan fingerprint density at radius 1 is 1.04 bits per heavy atom. The van der Waals surface area contributed by atoms with E-state index in [2.05, 4.69) is 10.2 Å². The second kappa shape index (κ2) is 6.82. The summed E-state index contributed by atoms with van der Waals surface area (Å²) in [6.45, 7) is 3.64. The number of aromatic nitrogens is 2. The Balaban J connectivity index is 1.65. The molecular weight excluding hydrogens is 331 g/mol. The van der Waals surface area contributed by atoms with Crippen molar-refractivity contribution in [2.75, 3.05) is 31.1 Å². The predicted molar refractivity (Wildman–Crippen MR) is 89.6 cm³/mol. The molecule has 1 saturated heterocycles. The highest BCUT2D eigenvalue weighted by molar-refractivity contribution is 7.88. The molecule has 0 unspecified atom stereocenters. The second-order valence-electron chi connectivity index (χ2n) is 5.77. The van der Waals surface area contributed by atoms with Gasteiger partial charge in [0, 0.05) is 31.7 Å². The summed E-state index contributed by atoms with van der Waals surface area (Å²) in [5, 5.41) is 8.15. The van der Waals surface area contributed by atoms with Gasteiger partial charge in [-0.25, -0.2) is 12.8 Å². The molecule has 8 heteroatoms. The van der Waals surface area contributed by atoms with Crippen molar-refractivity contribution >= 4 is 15.8 Å². The number of aryl methyl sites for hydroxylation is 1. The summed E-state index contributed by atoms with van der Waals surface area (Å²) in [4.78, 5) is 2.00. The van der Waals surface area contributed by atoms with Crippen molar-refractivity contribution in [1.29, 1.82) is 0 Å². The van der Waals surface area contributed by atoms with Crippen molar-refractivity contribution < 1.29 is 12.8 Å². The van der Waals surface area contributed by atoms with E-state index in [4.69, 9.17) is 0 Å². The predicted octanol–water partition coefficient (Wildman–Crippen LogP) is 1.58. The van der Waals surface area contributed by atoms with Crippen LogP contribution in [-0.4, -0.2) is 49.1 Å². The molecule has 0 spiro atoms. The molecule has 1 aliphatic heterocycles. The summed E-state index contributed by atoms with van der Waals surface area (Å²) < 4.78 is 40.1. The fraction of sp³-hybridized carbons (Fsp3) is 0.375. The lowest BCUT2D eigenvalue weighted by Crippen LogP contribution is -2.49. The zero-order chi connectivity index (χ0) is 17.2. The van der Waals surface area contributed by atoms with Gasteiger partial charge < -0.3 is 4.90 Å². The van der Waals surface area contributed by atoms with Crippen molar-refractivity contribution in [2.24, 2.45) is 0 Å². The Kier molecular flexibility index (Phi) is 4.77. The number of nitrogens with zero attached hydrogens (tertiary/aromatic N) is 4. The standard InChI is InChI=1S/C16H19FN4O2S/c1-13-6-7-16(19-18-13)20-8-10-21(11-9-20)24(22,23)12-14-4-2-3-5-15(14)17/h2-7H,8-12H2,1H3. The van der Waals surface area contributed by atoms with Crippen LogP contribution in [0.4, 0.5) is 10.2 Å². The Morgan fingerprint density at radius 2 is 1.75 bits per heavy atom. The Labute approximate surface area is 141 Å². The van der Waals surface area contributed by atoms with Gasteiger partial charge in [0.15, 0.2) is 5.82 Å². The van der Waals surface area contributed by atoms with Gasteiger partial charge in [0.05, 0.1) is 11.4 Å². The first-order valence-electron chi connectivity index (χ1n) is 7.72. The molecule has 0 atom stereocenters. The normalized spacial score (nSPS) is 16.3. The summed E-state index contributed by atoms with van der Waals surface area (Å²) in [5.74, 6) is -0.0642. The zero-order valence-corrected chi connectivity index (χ0v) is 14.2. The highest BCUT2D eigenvalue weighted by Gasteiger charge is 2.28. The minimum absolute atomic E-state index is 0.198. The molecule has 1 fully saturated rings. The van der Waals surface area contributed by atoms with Crippen LogP contribution in [0.15, 0.2) is 36.4 Å². The summed E-state index contributed by atoms with van der Waals surface area (Å²) in [6.07, 6.45) is 0. The minimum Gasteiger partial charge on any atom is -0.352 e. The molecule has 1 aromatic heterocycles. The van der Waals surface area contributed by atoms with E-state index in [0.717, 1.165) is 11.5 Å². The molecule has 1 aliphatic rings. The van der Waals surface area contributed by atoms with Crippen molar-refractivity contribution in [1.82, 2.24) is 14.5 Å². The SMILES string of the molecule is Cc1ccc(N2CCN(S(=O)(=O)Cc3ccccc3F)CC2)nn1. The van der Waals surface area contributed by atoms with E-state index in [0.29, 0.717) is 26.2 Å². The minimum atomic E-state index is -3.54. The van der Waals surface area contributed by atoms with Gasteiger partial charge in [-0.05, 0) is 25.1 Å². The smallest absolute Gasteiger partial charge is 0.218 e. The van der Waals surface area contributed by atoms with E-state index in [9.17, 15) is 12.8 Å². The molecule has 0 bridgehead atoms. The van der Waals surface area contributed by atoms with E-state index >= 15 is 0 Å². The molecule has 0 N–H and O–H groups in total. The third-order valence-corrected chi connectivity index (χ3v) is 5.86. The van der Waals surface area contributed by atoms with Crippen LogP contribution in [-0.2, 0) is 15.8 Å². The van der Waals surface area contributed by atoms with Gasteiger partial charge in [-0.3, -0.25) is 0 Å². The third-order valence-electron chi connectivity index (χ3n) is 4.04. The molecule has 24 heavy (non-hydrogen) atoms. The Hall–Kier alpha value is -2.06. The zero-order valence-electron chi connectivity index (χ0n) is 13.4. The highest BCUT2D eigenvalue weighted by Crippen LogP contribution is 2.18. The van der Waals surface area contributed by atoms with Gasteiger partial charge in [-0.2, -0.15) is 9.40 Å². The summed E-state index contributed by atoms with van der Waals surface area (Å²) in [5.41, 5.74) is 1.04. The topological polar surface area (TPSA) is 66.4 Å². The highest BCUT2D eigenvalue weighted by atomic mass is 32.2. The summed E-state index contributed by atoms with van der Waals surface area (Å²) in [7, 11) is -3.54. The van der Waals surface area contributed by atoms with Crippen LogP contribution in [0.3, 0.4) is 0 Å². The maximum atomic E-state index is 13.7. The number of sulfonamides is 1. The number of benzene rings is 1. The molecule has 6 nitrogen and oxygen atoms in total. The average molecular weight is 350 g/mol. The number of hydrogen-bond acceptors (Lipinski definition) is 5. The molecule has 0 radical (unpaired) electrons. The van der Waals surface area contributed by atoms with Gasteiger partial charge in [0.2, 0.25) is 10.0 Å². The Morgan fingerprint density at radius 3 is 2.38 bits per heavy atom. The molecule has 3 rings (SSSR count). The quantitative estimate of drug-likeness (QED) is 0.837. The molecule has 0 amide bonds. The van der Waals surface area contributed by atoms with Crippen LogP contribution in [0.1, 0.15) is 11.3 Å². The Bertz CT molecular complexity index is 803. The van der Waals surface area contributed by atoms with Crippen LogP contribution in [0.5, 0.6) is 0 Å². The monoisotopic (exact) mass is 350 g/mol. The van der Waals surface area contributed by atoms with E-state index in [-0.39, 0.29) is 11.3 Å². The maximum absolute atomic E-state index is 13.7. The van der Waals surface area contributed by atoms with Crippen molar-refractivity contribution in [3.05, 3.63) is 53.5 Å². The first-order valence-corrected chi connectivity index (χ1v) is 9.33. The largest absolute Gasteiger partial charge is 0.352 e. The second-order valence-corrected chi connectivity index (χ2v) is 7.74. The maximum Gasteiger partial charge on any atom is 0.218 e.